The number of esters is 1. The maximum atomic E-state index is 13.3. The average Bonchev–Trinajstić information content (AvgIpc) is 2.82. The monoisotopic (exact) mass is 397 g/mol. The maximum absolute atomic E-state index is 13.3. The molecule has 146 valence electrons. The van der Waals surface area contributed by atoms with Crippen LogP contribution < -0.4 is 5.32 Å². The molecule has 1 rings (SSSR count). The van der Waals surface area contributed by atoms with Crippen LogP contribution in [0.2, 0.25) is 0 Å². The van der Waals surface area contributed by atoms with Gasteiger partial charge in [-0.1, -0.05) is 0 Å². The fourth-order valence-electron chi connectivity index (χ4n) is 1.59. The molecule has 0 spiro atoms. The summed E-state index contributed by atoms with van der Waals surface area (Å²) in [5, 5.41) is 0.834. The first-order valence-corrected chi connectivity index (χ1v) is 5.97. The number of rotatable bonds is 5. The minimum absolute atomic E-state index is 0.464. The third kappa shape index (κ3) is 3.07. The van der Waals surface area contributed by atoms with Gasteiger partial charge in [0.15, 0.2) is 0 Å². The van der Waals surface area contributed by atoms with E-state index in [2.05, 4.69) is 4.74 Å². The van der Waals surface area contributed by atoms with E-state index < -0.39 is 60.8 Å². The smallest absolute Gasteiger partial charge is 0.460 e. The van der Waals surface area contributed by atoms with Gasteiger partial charge in [-0.2, -0.15) is 48.3 Å². The lowest BCUT2D eigenvalue weighted by atomic mass is 9.97. The van der Waals surface area contributed by atoms with E-state index in [4.69, 9.17) is 0 Å². The van der Waals surface area contributed by atoms with Gasteiger partial charge in [0, 0.05) is 6.42 Å². The Morgan fingerprint density at radius 3 is 1.72 bits per heavy atom. The molecule has 1 fully saturated rings. The highest BCUT2D eigenvalue weighted by Crippen LogP contribution is 2.57. The van der Waals surface area contributed by atoms with Gasteiger partial charge in [0.1, 0.15) is 6.04 Å². The van der Waals surface area contributed by atoms with Crippen LogP contribution in [0.25, 0.3) is 0 Å². The lowest BCUT2D eigenvalue weighted by Gasteiger charge is -2.36. The standard InChI is InChI=1S/C10H6F11NO3/c11-6(12,5(24)22-3-1-2-25-4(3)23)7(13,14)8(15,16)9(17,18)10(19,20)21/h3H,1-2H2,(H,22,24). The van der Waals surface area contributed by atoms with E-state index >= 15 is 0 Å². The summed E-state index contributed by atoms with van der Waals surface area (Å²) >= 11 is 0. The number of carbonyl (C=O) groups excluding carboxylic acids is 2. The van der Waals surface area contributed by atoms with Crippen molar-refractivity contribution in [1.29, 1.82) is 0 Å². The summed E-state index contributed by atoms with van der Waals surface area (Å²) in [6, 6.07) is -1.98. The molecule has 1 N–H and O–H groups in total. The topological polar surface area (TPSA) is 55.4 Å². The summed E-state index contributed by atoms with van der Waals surface area (Å²) < 4.78 is 144. The fourth-order valence-corrected chi connectivity index (χ4v) is 1.59. The van der Waals surface area contributed by atoms with Crippen LogP contribution >= 0.6 is 0 Å². The number of cyclic esters (lactones) is 1. The van der Waals surface area contributed by atoms with Crippen molar-refractivity contribution in [2.45, 2.75) is 42.3 Å². The molecule has 15 heteroatoms. The minimum Gasteiger partial charge on any atom is -0.464 e. The number of nitrogens with one attached hydrogen (secondary N) is 1. The second-order valence-electron chi connectivity index (χ2n) is 4.78. The van der Waals surface area contributed by atoms with Gasteiger partial charge in [-0.3, -0.25) is 4.79 Å². The summed E-state index contributed by atoms with van der Waals surface area (Å²) in [6.07, 6.45) is -7.86. The Hall–Kier alpha value is -1.83. The minimum atomic E-state index is -7.69. The molecule has 0 radical (unpaired) electrons. The molecule has 0 aromatic heterocycles. The average molecular weight is 397 g/mol. The van der Waals surface area contributed by atoms with E-state index in [1.54, 1.807) is 0 Å². The maximum Gasteiger partial charge on any atom is 0.460 e. The highest BCUT2D eigenvalue weighted by Gasteiger charge is 2.88. The van der Waals surface area contributed by atoms with Crippen molar-refractivity contribution < 1.29 is 62.6 Å². The lowest BCUT2D eigenvalue weighted by molar-refractivity contribution is -0.417. The molecule has 25 heavy (non-hydrogen) atoms. The number of alkyl halides is 11. The highest BCUT2D eigenvalue weighted by molar-refractivity contribution is 5.90. The van der Waals surface area contributed by atoms with Crippen molar-refractivity contribution in [3.05, 3.63) is 0 Å². The van der Waals surface area contributed by atoms with Gasteiger partial charge in [-0.05, 0) is 0 Å². The third-order valence-corrected chi connectivity index (χ3v) is 3.06. The lowest BCUT2D eigenvalue weighted by Crippen LogP contribution is -2.69. The van der Waals surface area contributed by atoms with Crippen LogP contribution in [0.4, 0.5) is 48.3 Å². The number of hydrogen-bond acceptors (Lipinski definition) is 3. The van der Waals surface area contributed by atoms with Gasteiger partial charge in [0.2, 0.25) is 0 Å². The molecule has 1 aliphatic rings. The van der Waals surface area contributed by atoms with Crippen molar-refractivity contribution in [3.8, 4) is 0 Å². The molecule has 0 bridgehead atoms. The van der Waals surface area contributed by atoms with Gasteiger partial charge >= 0.3 is 35.8 Å². The van der Waals surface area contributed by atoms with Crippen molar-refractivity contribution in [2.24, 2.45) is 0 Å². The predicted octanol–water partition coefficient (Wildman–Crippen LogP) is 2.52. The molecule has 0 aliphatic carbocycles. The first-order valence-electron chi connectivity index (χ1n) is 5.97. The predicted molar refractivity (Wildman–Crippen MR) is 53.3 cm³/mol. The molecule has 1 atom stereocenters. The second-order valence-corrected chi connectivity index (χ2v) is 4.78. The van der Waals surface area contributed by atoms with Gasteiger partial charge in [0.05, 0.1) is 6.61 Å². The van der Waals surface area contributed by atoms with Gasteiger partial charge < -0.3 is 10.1 Å². The Morgan fingerprint density at radius 2 is 1.36 bits per heavy atom. The first kappa shape index (κ1) is 21.2. The van der Waals surface area contributed by atoms with Crippen LogP contribution in [0.1, 0.15) is 6.42 Å². The second kappa shape index (κ2) is 5.86. The number of hydrogen-bond donors (Lipinski definition) is 1. The van der Waals surface area contributed by atoms with Crippen molar-refractivity contribution >= 4 is 11.9 Å². The molecular formula is C10H6F11NO3. The SMILES string of the molecule is O=C1OCCC1NC(=O)C(F)(F)C(F)(F)C(F)(F)C(F)(F)C(F)(F)F. The number of amides is 1. The van der Waals surface area contributed by atoms with Crippen LogP contribution in [0, 0.1) is 0 Å². The Bertz CT molecular complexity index is 557. The zero-order chi connectivity index (χ0) is 20.1. The van der Waals surface area contributed by atoms with Crippen LogP contribution in [0.5, 0.6) is 0 Å². The quantitative estimate of drug-likeness (QED) is 0.573. The first-order chi connectivity index (χ1) is 10.9. The van der Waals surface area contributed by atoms with Crippen molar-refractivity contribution in [1.82, 2.24) is 5.32 Å². The van der Waals surface area contributed by atoms with E-state index in [0.717, 1.165) is 5.32 Å². The molecule has 0 aromatic carbocycles. The number of ether oxygens (including phenoxy) is 1. The molecule has 0 aromatic rings. The van der Waals surface area contributed by atoms with Gasteiger partial charge in [-0.25, -0.2) is 4.79 Å². The Kier molecular flexibility index (Phi) is 4.97. The Labute approximate surface area is 130 Å². The van der Waals surface area contributed by atoms with Crippen LogP contribution in [0.15, 0.2) is 0 Å². The summed E-state index contributed by atoms with van der Waals surface area (Å²) in [5.74, 6) is -34.2. The molecule has 0 saturated carbocycles. The summed E-state index contributed by atoms with van der Waals surface area (Å²) in [4.78, 5) is 21.9. The Morgan fingerprint density at radius 1 is 0.880 bits per heavy atom. The molecule has 4 nitrogen and oxygen atoms in total. The van der Waals surface area contributed by atoms with E-state index in [9.17, 15) is 57.9 Å². The normalized spacial score (nSPS) is 20.4. The third-order valence-electron chi connectivity index (χ3n) is 3.06. The number of halogens is 11. The molecular weight excluding hydrogens is 391 g/mol. The van der Waals surface area contributed by atoms with Gasteiger partial charge in [0.25, 0.3) is 5.91 Å². The van der Waals surface area contributed by atoms with Crippen LogP contribution in [-0.4, -0.2) is 54.4 Å². The number of carbonyl (C=O) groups is 2. The molecule has 1 aliphatic heterocycles. The summed E-state index contributed by atoms with van der Waals surface area (Å²) in [5.41, 5.74) is 0. The molecule has 1 heterocycles. The van der Waals surface area contributed by atoms with Crippen molar-refractivity contribution in [2.75, 3.05) is 6.61 Å². The zero-order valence-corrected chi connectivity index (χ0v) is 11.4. The zero-order valence-electron chi connectivity index (χ0n) is 11.4. The van der Waals surface area contributed by atoms with Gasteiger partial charge in [-0.15, -0.1) is 0 Å². The summed E-state index contributed by atoms with van der Waals surface area (Å²) in [7, 11) is 0. The van der Waals surface area contributed by atoms with Crippen LogP contribution in [-0.2, 0) is 14.3 Å². The van der Waals surface area contributed by atoms with E-state index in [0.29, 0.717) is 0 Å². The van der Waals surface area contributed by atoms with E-state index in [1.165, 1.54) is 0 Å². The molecule has 1 amide bonds. The van der Waals surface area contributed by atoms with Crippen molar-refractivity contribution in [3.63, 3.8) is 0 Å². The molecule has 1 unspecified atom stereocenters. The fraction of sp³-hybridized carbons (Fsp3) is 0.800. The largest absolute Gasteiger partial charge is 0.464 e. The van der Waals surface area contributed by atoms with Crippen LogP contribution in [0.3, 0.4) is 0 Å². The Balaban J connectivity index is 3.20. The van der Waals surface area contributed by atoms with E-state index in [1.807, 2.05) is 0 Å². The summed E-state index contributed by atoms with van der Waals surface area (Å²) in [6.45, 7) is -0.464. The highest BCUT2D eigenvalue weighted by atomic mass is 19.4. The van der Waals surface area contributed by atoms with E-state index in [-0.39, 0.29) is 0 Å². The molecule has 1 saturated heterocycles.